The molecule has 0 aliphatic heterocycles. The van der Waals surface area contributed by atoms with Crippen LogP contribution in [0.25, 0.3) is 21.8 Å². The molecule has 1 heteroatoms. The van der Waals surface area contributed by atoms with Crippen molar-refractivity contribution in [3.8, 4) is 12.3 Å². The van der Waals surface area contributed by atoms with E-state index < -0.39 is 0 Å². The monoisotopic (exact) mass is 191 g/mol. The minimum absolute atomic E-state index is 0.949. The number of nitrogens with one attached hydrogen (secondary N) is 1. The number of benzene rings is 2. The molecule has 0 aliphatic rings. The number of aromatic nitrogens is 1. The molecule has 3 aromatic rings. The van der Waals surface area contributed by atoms with Crippen molar-refractivity contribution in [2.75, 3.05) is 0 Å². The smallest absolute Gasteiger partial charge is 0.0477 e. The summed E-state index contributed by atoms with van der Waals surface area (Å²) in [4.78, 5) is 3.36. The summed E-state index contributed by atoms with van der Waals surface area (Å²) in [6.07, 6.45) is 5.50. The first-order valence-electron chi connectivity index (χ1n) is 4.86. The summed E-state index contributed by atoms with van der Waals surface area (Å²) < 4.78 is 0. The quantitative estimate of drug-likeness (QED) is 0.525. The Balaban J connectivity index is 2.64. The van der Waals surface area contributed by atoms with E-state index in [4.69, 9.17) is 6.42 Å². The van der Waals surface area contributed by atoms with E-state index in [1.165, 1.54) is 5.39 Å². The Morgan fingerprint density at radius 3 is 2.60 bits per heavy atom. The SMILES string of the molecule is C#Cc1cccc2[nH]c3ccccc3c12. The Bertz CT molecular complexity index is 683. The van der Waals surface area contributed by atoms with Gasteiger partial charge in [-0.05, 0) is 18.2 Å². The van der Waals surface area contributed by atoms with Crippen LogP contribution < -0.4 is 0 Å². The van der Waals surface area contributed by atoms with Crippen molar-refractivity contribution in [3.05, 3.63) is 48.0 Å². The molecule has 0 saturated carbocycles. The summed E-state index contributed by atoms with van der Waals surface area (Å²) in [5, 5.41) is 2.34. The summed E-state index contributed by atoms with van der Waals surface area (Å²) in [5.74, 6) is 2.73. The van der Waals surface area contributed by atoms with E-state index in [1.54, 1.807) is 0 Å². The van der Waals surface area contributed by atoms with Gasteiger partial charge in [0.2, 0.25) is 0 Å². The molecule has 0 atom stereocenters. The lowest BCUT2D eigenvalue weighted by atomic mass is 10.1. The van der Waals surface area contributed by atoms with Crippen LogP contribution in [0.2, 0.25) is 0 Å². The number of H-pyrrole nitrogens is 1. The van der Waals surface area contributed by atoms with Crippen LogP contribution in [-0.2, 0) is 0 Å². The highest BCUT2D eigenvalue weighted by Gasteiger charge is 2.05. The molecule has 1 aromatic heterocycles. The number of terminal acetylenes is 1. The Hall–Kier alpha value is -2.20. The average molecular weight is 191 g/mol. The molecule has 70 valence electrons. The molecular weight excluding hydrogens is 182 g/mol. The summed E-state index contributed by atoms with van der Waals surface area (Å²) in [5.41, 5.74) is 3.19. The fourth-order valence-electron chi connectivity index (χ4n) is 2.02. The molecule has 2 aromatic carbocycles. The molecule has 0 aliphatic carbocycles. The molecule has 15 heavy (non-hydrogen) atoms. The van der Waals surface area contributed by atoms with Crippen LogP contribution in [0.1, 0.15) is 5.56 Å². The second kappa shape index (κ2) is 2.90. The van der Waals surface area contributed by atoms with Crippen molar-refractivity contribution >= 4 is 21.8 Å². The number of hydrogen-bond acceptors (Lipinski definition) is 0. The summed E-state index contributed by atoms with van der Waals surface area (Å²) in [6.45, 7) is 0. The molecule has 1 heterocycles. The lowest BCUT2D eigenvalue weighted by Gasteiger charge is -1.94. The van der Waals surface area contributed by atoms with E-state index in [-0.39, 0.29) is 0 Å². The largest absolute Gasteiger partial charge is 0.354 e. The van der Waals surface area contributed by atoms with Crippen molar-refractivity contribution in [2.45, 2.75) is 0 Å². The van der Waals surface area contributed by atoms with Crippen LogP contribution in [0.15, 0.2) is 42.5 Å². The van der Waals surface area contributed by atoms with Gasteiger partial charge in [0.15, 0.2) is 0 Å². The fraction of sp³-hybridized carbons (Fsp3) is 0. The highest BCUT2D eigenvalue weighted by atomic mass is 14.7. The van der Waals surface area contributed by atoms with E-state index in [1.807, 2.05) is 24.3 Å². The van der Waals surface area contributed by atoms with Crippen LogP contribution in [0.4, 0.5) is 0 Å². The van der Waals surface area contributed by atoms with Gasteiger partial charge in [0.25, 0.3) is 0 Å². The van der Waals surface area contributed by atoms with Crippen molar-refractivity contribution in [1.29, 1.82) is 0 Å². The molecule has 0 bridgehead atoms. The van der Waals surface area contributed by atoms with Gasteiger partial charge in [0.1, 0.15) is 0 Å². The zero-order chi connectivity index (χ0) is 10.3. The van der Waals surface area contributed by atoms with Gasteiger partial charge in [-0.1, -0.05) is 30.2 Å². The normalized spacial score (nSPS) is 10.6. The molecule has 3 rings (SSSR count). The van der Waals surface area contributed by atoms with Crippen LogP contribution in [0.5, 0.6) is 0 Å². The number of hydrogen-bond donors (Lipinski definition) is 1. The Morgan fingerprint density at radius 1 is 0.933 bits per heavy atom. The zero-order valence-corrected chi connectivity index (χ0v) is 8.12. The van der Waals surface area contributed by atoms with Gasteiger partial charge in [-0.15, -0.1) is 6.42 Å². The first kappa shape index (κ1) is 8.14. The highest BCUT2D eigenvalue weighted by molar-refractivity contribution is 6.09. The predicted octanol–water partition coefficient (Wildman–Crippen LogP) is 3.30. The summed E-state index contributed by atoms with van der Waals surface area (Å²) in [6, 6.07) is 14.2. The second-order valence-electron chi connectivity index (χ2n) is 3.54. The molecule has 0 spiro atoms. The minimum Gasteiger partial charge on any atom is -0.354 e. The van der Waals surface area contributed by atoms with E-state index in [2.05, 4.69) is 29.1 Å². The standard InChI is InChI=1S/C14H9N/c1-2-10-6-5-9-13-14(10)11-7-3-4-8-12(11)15-13/h1,3-9,15H. The number of rotatable bonds is 0. The molecule has 0 fully saturated rings. The average Bonchev–Trinajstić information content (AvgIpc) is 2.67. The first-order valence-corrected chi connectivity index (χ1v) is 4.86. The maximum Gasteiger partial charge on any atom is 0.0477 e. The number of para-hydroxylation sites is 1. The summed E-state index contributed by atoms with van der Waals surface area (Å²) in [7, 11) is 0. The third-order valence-electron chi connectivity index (χ3n) is 2.69. The minimum atomic E-state index is 0.949. The third kappa shape index (κ3) is 1.05. The maximum absolute atomic E-state index is 5.50. The second-order valence-corrected chi connectivity index (χ2v) is 3.54. The molecule has 0 saturated heterocycles. The van der Waals surface area contributed by atoms with Crippen molar-refractivity contribution in [2.24, 2.45) is 0 Å². The van der Waals surface area contributed by atoms with Crippen molar-refractivity contribution < 1.29 is 0 Å². The molecule has 1 N–H and O–H groups in total. The Labute approximate surface area is 87.7 Å². The molecule has 1 nitrogen and oxygen atoms in total. The predicted molar refractivity (Wildman–Crippen MR) is 63.7 cm³/mol. The topological polar surface area (TPSA) is 15.8 Å². The zero-order valence-electron chi connectivity index (χ0n) is 8.12. The van der Waals surface area contributed by atoms with Crippen LogP contribution in [0, 0.1) is 12.3 Å². The number of fused-ring (bicyclic) bond motifs is 3. The van der Waals surface area contributed by atoms with Gasteiger partial charge < -0.3 is 4.98 Å². The molecule has 0 radical (unpaired) electrons. The Kier molecular flexibility index (Phi) is 1.57. The lowest BCUT2D eigenvalue weighted by Crippen LogP contribution is -1.75. The highest BCUT2D eigenvalue weighted by Crippen LogP contribution is 2.27. The van der Waals surface area contributed by atoms with Gasteiger partial charge in [-0.3, -0.25) is 0 Å². The third-order valence-corrected chi connectivity index (χ3v) is 2.69. The van der Waals surface area contributed by atoms with Crippen LogP contribution in [-0.4, -0.2) is 4.98 Å². The van der Waals surface area contributed by atoms with E-state index >= 15 is 0 Å². The van der Waals surface area contributed by atoms with E-state index in [0.717, 1.165) is 22.0 Å². The summed E-state index contributed by atoms with van der Waals surface area (Å²) >= 11 is 0. The van der Waals surface area contributed by atoms with E-state index in [0.29, 0.717) is 0 Å². The number of aromatic amines is 1. The lowest BCUT2D eigenvalue weighted by molar-refractivity contribution is 1.54. The molecular formula is C14H9N. The van der Waals surface area contributed by atoms with Crippen molar-refractivity contribution in [1.82, 2.24) is 4.98 Å². The first-order chi connectivity index (χ1) is 7.40. The van der Waals surface area contributed by atoms with Gasteiger partial charge in [-0.25, -0.2) is 0 Å². The maximum atomic E-state index is 5.50. The van der Waals surface area contributed by atoms with Gasteiger partial charge in [0.05, 0.1) is 0 Å². The van der Waals surface area contributed by atoms with Crippen LogP contribution >= 0.6 is 0 Å². The molecule has 0 amide bonds. The molecule has 0 unspecified atom stereocenters. The Morgan fingerprint density at radius 2 is 1.73 bits per heavy atom. The van der Waals surface area contributed by atoms with E-state index in [9.17, 15) is 0 Å². The van der Waals surface area contributed by atoms with Gasteiger partial charge in [-0.2, -0.15) is 0 Å². The van der Waals surface area contributed by atoms with Crippen molar-refractivity contribution in [3.63, 3.8) is 0 Å². The van der Waals surface area contributed by atoms with Crippen LogP contribution in [0.3, 0.4) is 0 Å². The van der Waals surface area contributed by atoms with Gasteiger partial charge in [0, 0.05) is 27.4 Å². The fourth-order valence-corrected chi connectivity index (χ4v) is 2.02. The van der Waals surface area contributed by atoms with Gasteiger partial charge >= 0.3 is 0 Å².